The van der Waals surface area contributed by atoms with E-state index in [2.05, 4.69) is 19.2 Å². The van der Waals surface area contributed by atoms with Crippen LogP contribution in [0.3, 0.4) is 0 Å². The highest BCUT2D eigenvalue weighted by Crippen LogP contribution is 2.24. The molecule has 1 rings (SSSR count). The van der Waals surface area contributed by atoms with Crippen LogP contribution >= 0.6 is 0 Å². The fourth-order valence-electron chi connectivity index (χ4n) is 1.91. The molecule has 1 aliphatic carbocycles. The van der Waals surface area contributed by atoms with Gasteiger partial charge in [0.15, 0.2) is 0 Å². The Kier molecular flexibility index (Phi) is 5.36. The lowest BCUT2D eigenvalue weighted by Crippen LogP contribution is -2.29. The topological polar surface area (TPSA) is 38.3 Å². The molecule has 0 radical (unpaired) electrons. The molecule has 0 aromatic carbocycles. The maximum Gasteiger partial charge on any atom is 0.335 e. The standard InChI is InChI=1S/C13H23NO2/c1-4-10(3)14-12-9-7-6-8-11(12)13(15)16-5-2/h10,14H,4-9H2,1-3H3. The van der Waals surface area contributed by atoms with Crippen LogP contribution in [0.15, 0.2) is 11.3 Å². The van der Waals surface area contributed by atoms with E-state index in [0.29, 0.717) is 12.6 Å². The quantitative estimate of drug-likeness (QED) is 0.731. The zero-order chi connectivity index (χ0) is 12.0. The van der Waals surface area contributed by atoms with E-state index in [9.17, 15) is 4.79 Å². The van der Waals surface area contributed by atoms with E-state index in [1.165, 1.54) is 6.42 Å². The molecule has 0 fully saturated rings. The summed E-state index contributed by atoms with van der Waals surface area (Å²) in [5.41, 5.74) is 1.98. The first-order chi connectivity index (χ1) is 7.69. The van der Waals surface area contributed by atoms with E-state index >= 15 is 0 Å². The van der Waals surface area contributed by atoms with Crippen LogP contribution in [0.5, 0.6) is 0 Å². The van der Waals surface area contributed by atoms with Gasteiger partial charge in [0.05, 0.1) is 12.2 Å². The molecule has 3 heteroatoms. The van der Waals surface area contributed by atoms with Crippen LogP contribution < -0.4 is 5.32 Å². The predicted octanol–water partition coefficient (Wildman–Crippen LogP) is 2.77. The van der Waals surface area contributed by atoms with Crippen molar-refractivity contribution in [1.29, 1.82) is 0 Å². The monoisotopic (exact) mass is 225 g/mol. The van der Waals surface area contributed by atoms with Crippen molar-refractivity contribution in [2.75, 3.05) is 6.61 Å². The minimum absolute atomic E-state index is 0.131. The van der Waals surface area contributed by atoms with Crippen LogP contribution in [-0.2, 0) is 9.53 Å². The van der Waals surface area contributed by atoms with E-state index in [1.54, 1.807) is 0 Å². The SMILES string of the molecule is CCOC(=O)C1=C(NC(C)CC)CCCC1. The number of hydrogen-bond acceptors (Lipinski definition) is 3. The number of allylic oxidation sites excluding steroid dienone is 1. The van der Waals surface area contributed by atoms with Crippen molar-refractivity contribution in [3.8, 4) is 0 Å². The average molecular weight is 225 g/mol. The van der Waals surface area contributed by atoms with E-state index in [-0.39, 0.29) is 5.97 Å². The van der Waals surface area contributed by atoms with Gasteiger partial charge in [0.1, 0.15) is 0 Å². The van der Waals surface area contributed by atoms with Crippen molar-refractivity contribution in [1.82, 2.24) is 5.32 Å². The first kappa shape index (κ1) is 13.1. The Morgan fingerprint density at radius 3 is 2.69 bits per heavy atom. The summed E-state index contributed by atoms with van der Waals surface area (Å²) in [7, 11) is 0. The van der Waals surface area contributed by atoms with Gasteiger partial charge in [-0.3, -0.25) is 0 Å². The normalized spacial score (nSPS) is 18.2. The maximum absolute atomic E-state index is 11.8. The molecule has 0 aliphatic heterocycles. The first-order valence-electron chi connectivity index (χ1n) is 6.34. The third kappa shape index (κ3) is 3.54. The molecule has 3 nitrogen and oxygen atoms in total. The summed E-state index contributed by atoms with van der Waals surface area (Å²) < 4.78 is 5.09. The Hall–Kier alpha value is -0.990. The summed E-state index contributed by atoms with van der Waals surface area (Å²) in [6, 6.07) is 0.428. The van der Waals surface area contributed by atoms with Crippen LogP contribution in [0.1, 0.15) is 52.9 Å². The smallest absolute Gasteiger partial charge is 0.335 e. The highest BCUT2D eigenvalue weighted by Gasteiger charge is 2.20. The predicted molar refractivity (Wildman–Crippen MR) is 65.0 cm³/mol. The second-order valence-electron chi connectivity index (χ2n) is 4.34. The lowest BCUT2D eigenvalue weighted by molar-refractivity contribution is -0.138. The number of nitrogens with one attached hydrogen (secondary N) is 1. The van der Waals surface area contributed by atoms with Crippen molar-refractivity contribution in [3.05, 3.63) is 11.3 Å². The van der Waals surface area contributed by atoms with Crippen LogP contribution in [0.25, 0.3) is 0 Å². The summed E-state index contributed by atoms with van der Waals surface area (Å²) >= 11 is 0. The van der Waals surface area contributed by atoms with Crippen LogP contribution in [0.2, 0.25) is 0 Å². The Balaban J connectivity index is 2.74. The lowest BCUT2D eigenvalue weighted by Gasteiger charge is -2.23. The molecule has 0 saturated heterocycles. The van der Waals surface area contributed by atoms with Gasteiger partial charge in [0.25, 0.3) is 0 Å². The summed E-state index contributed by atoms with van der Waals surface area (Å²) in [6.07, 6.45) is 5.18. The molecule has 0 saturated carbocycles. The van der Waals surface area contributed by atoms with Crippen molar-refractivity contribution in [2.24, 2.45) is 0 Å². The molecule has 0 bridgehead atoms. The second-order valence-corrected chi connectivity index (χ2v) is 4.34. The lowest BCUT2D eigenvalue weighted by atomic mass is 9.95. The molecule has 1 atom stereocenters. The first-order valence-corrected chi connectivity index (χ1v) is 6.34. The number of rotatable bonds is 5. The number of esters is 1. The Morgan fingerprint density at radius 1 is 1.38 bits per heavy atom. The molecule has 0 aromatic rings. The largest absolute Gasteiger partial charge is 0.463 e. The minimum Gasteiger partial charge on any atom is -0.463 e. The third-order valence-corrected chi connectivity index (χ3v) is 3.02. The Morgan fingerprint density at radius 2 is 2.06 bits per heavy atom. The van der Waals surface area contributed by atoms with E-state index in [0.717, 1.165) is 37.0 Å². The maximum atomic E-state index is 11.8. The van der Waals surface area contributed by atoms with Crippen molar-refractivity contribution >= 4 is 5.97 Å². The number of carbonyl (C=O) groups is 1. The van der Waals surface area contributed by atoms with Gasteiger partial charge in [-0.25, -0.2) is 4.79 Å². The molecule has 0 amide bonds. The van der Waals surface area contributed by atoms with Gasteiger partial charge < -0.3 is 10.1 Å². The minimum atomic E-state index is -0.131. The van der Waals surface area contributed by atoms with Crippen LogP contribution in [0, 0.1) is 0 Å². The van der Waals surface area contributed by atoms with Crippen molar-refractivity contribution in [2.45, 2.75) is 58.9 Å². The fourth-order valence-corrected chi connectivity index (χ4v) is 1.91. The Labute approximate surface area is 98.2 Å². The van der Waals surface area contributed by atoms with Gasteiger partial charge in [-0.1, -0.05) is 6.92 Å². The third-order valence-electron chi connectivity index (χ3n) is 3.02. The molecule has 92 valence electrons. The molecule has 1 aliphatic rings. The molecule has 0 aromatic heterocycles. The van der Waals surface area contributed by atoms with Crippen molar-refractivity contribution < 1.29 is 9.53 Å². The van der Waals surface area contributed by atoms with Gasteiger partial charge in [-0.05, 0) is 46.0 Å². The van der Waals surface area contributed by atoms with E-state index < -0.39 is 0 Å². The van der Waals surface area contributed by atoms with Gasteiger partial charge >= 0.3 is 5.97 Å². The van der Waals surface area contributed by atoms with Gasteiger partial charge in [0, 0.05) is 11.7 Å². The summed E-state index contributed by atoms with van der Waals surface area (Å²) in [4.78, 5) is 11.8. The fraction of sp³-hybridized carbons (Fsp3) is 0.769. The zero-order valence-corrected chi connectivity index (χ0v) is 10.6. The number of hydrogen-bond donors (Lipinski definition) is 1. The van der Waals surface area contributed by atoms with Crippen LogP contribution in [0.4, 0.5) is 0 Å². The molecule has 1 unspecified atom stereocenters. The average Bonchev–Trinajstić information content (AvgIpc) is 2.30. The molecule has 0 spiro atoms. The van der Waals surface area contributed by atoms with Gasteiger partial charge in [0.2, 0.25) is 0 Å². The van der Waals surface area contributed by atoms with E-state index in [4.69, 9.17) is 4.74 Å². The summed E-state index contributed by atoms with van der Waals surface area (Å²) in [5.74, 6) is -0.131. The molecule has 0 heterocycles. The summed E-state index contributed by atoms with van der Waals surface area (Å²) in [6.45, 7) is 6.59. The second kappa shape index (κ2) is 6.56. The number of ether oxygens (including phenoxy) is 1. The van der Waals surface area contributed by atoms with Gasteiger partial charge in [-0.15, -0.1) is 0 Å². The van der Waals surface area contributed by atoms with Crippen molar-refractivity contribution in [3.63, 3.8) is 0 Å². The Bertz CT molecular complexity index is 271. The highest BCUT2D eigenvalue weighted by molar-refractivity contribution is 5.89. The molecule has 16 heavy (non-hydrogen) atoms. The van der Waals surface area contributed by atoms with Gasteiger partial charge in [-0.2, -0.15) is 0 Å². The molecular weight excluding hydrogens is 202 g/mol. The summed E-state index contributed by atoms with van der Waals surface area (Å²) in [5, 5.41) is 3.44. The van der Waals surface area contributed by atoms with E-state index in [1.807, 2.05) is 6.92 Å². The van der Waals surface area contributed by atoms with Crippen LogP contribution in [-0.4, -0.2) is 18.6 Å². The number of carbonyl (C=O) groups excluding carboxylic acids is 1. The zero-order valence-electron chi connectivity index (χ0n) is 10.6. The molecular formula is C13H23NO2. The highest BCUT2D eigenvalue weighted by atomic mass is 16.5. The molecule has 1 N–H and O–H groups in total.